The average Bonchev–Trinajstić information content (AvgIpc) is 2.44. The maximum absolute atomic E-state index is 5.64. The molecule has 1 heterocycles. The fourth-order valence-corrected chi connectivity index (χ4v) is 1.43. The van der Waals surface area contributed by atoms with Crippen molar-refractivity contribution in [1.29, 1.82) is 0 Å². The molecule has 0 radical (unpaired) electrons. The number of benzene rings is 1. The molecule has 0 aliphatic heterocycles. The monoisotopic (exact) mass is 175 g/mol. The lowest BCUT2D eigenvalue weighted by Gasteiger charge is -2.04. The molecule has 0 N–H and O–H groups in total. The zero-order valence-corrected chi connectivity index (χ0v) is 7.95. The Morgan fingerprint density at radius 1 is 1.23 bits per heavy atom. The first kappa shape index (κ1) is 8.32. The van der Waals surface area contributed by atoms with Gasteiger partial charge in [0.25, 0.3) is 0 Å². The number of rotatable bonds is 2. The van der Waals surface area contributed by atoms with E-state index in [4.69, 9.17) is 4.42 Å². The highest BCUT2D eigenvalue weighted by molar-refractivity contribution is 5.77. The molecule has 2 nitrogen and oxygen atoms in total. The summed E-state index contributed by atoms with van der Waals surface area (Å²) in [4.78, 5) is 2.09. The third-order valence-corrected chi connectivity index (χ3v) is 1.95. The molecule has 13 heavy (non-hydrogen) atoms. The van der Waals surface area contributed by atoms with Gasteiger partial charge < -0.3 is 9.32 Å². The van der Waals surface area contributed by atoms with Crippen LogP contribution in [0.3, 0.4) is 0 Å². The smallest absolute Gasteiger partial charge is 0.134 e. The Labute approximate surface area is 77.8 Å². The molecule has 0 aliphatic carbocycles. The summed E-state index contributed by atoms with van der Waals surface area (Å²) < 4.78 is 5.64. The minimum atomic E-state index is 0.856. The van der Waals surface area contributed by atoms with E-state index in [0.717, 1.165) is 17.9 Å². The second-order valence-corrected chi connectivity index (χ2v) is 3.49. The molecule has 0 aliphatic rings. The van der Waals surface area contributed by atoms with Crippen molar-refractivity contribution in [3.05, 3.63) is 36.1 Å². The summed E-state index contributed by atoms with van der Waals surface area (Å²) in [7, 11) is 4.07. The second kappa shape index (κ2) is 3.23. The van der Waals surface area contributed by atoms with Crippen LogP contribution < -0.4 is 0 Å². The first-order valence-electron chi connectivity index (χ1n) is 4.38. The van der Waals surface area contributed by atoms with Crippen molar-refractivity contribution in [2.75, 3.05) is 14.1 Å². The fourth-order valence-electron chi connectivity index (χ4n) is 1.43. The standard InChI is InChI=1S/C11H13NO/c1-12(2)8-10-7-9-5-3-4-6-11(9)13-10/h3-7H,8H2,1-2H3. The maximum Gasteiger partial charge on any atom is 0.134 e. The summed E-state index contributed by atoms with van der Waals surface area (Å²) >= 11 is 0. The van der Waals surface area contributed by atoms with Crippen molar-refractivity contribution in [3.8, 4) is 0 Å². The van der Waals surface area contributed by atoms with Gasteiger partial charge in [-0.25, -0.2) is 0 Å². The van der Waals surface area contributed by atoms with Gasteiger partial charge in [0.1, 0.15) is 11.3 Å². The number of hydrogen-bond acceptors (Lipinski definition) is 2. The minimum Gasteiger partial charge on any atom is -0.460 e. The van der Waals surface area contributed by atoms with E-state index in [9.17, 15) is 0 Å². The number of fused-ring (bicyclic) bond motifs is 1. The predicted molar refractivity (Wildman–Crippen MR) is 53.6 cm³/mol. The molecule has 2 aromatic rings. The molecule has 0 saturated heterocycles. The lowest BCUT2D eigenvalue weighted by Crippen LogP contribution is -2.09. The van der Waals surface area contributed by atoms with Crippen LogP contribution in [0, 0.1) is 0 Å². The highest BCUT2D eigenvalue weighted by Crippen LogP contribution is 2.19. The molecule has 0 saturated carbocycles. The molecule has 1 aromatic carbocycles. The highest BCUT2D eigenvalue weighted by Gasteiger charge is 2.02. The molecular formula is C11H13NO. The molecule has 0 amide bonds. The molecule has 0 spiro atoms. The molecule has 68 valence electrons. The molecule has 0 fully saturated rings. The van der Waals surface area contributed by atoms with Gasteiger partial charge in [0.15, 0.2) is 0 Å². The van der Waals surface area contributed by atoms with Gasteiger partial charge in [0.05, 0.1) is 6.54 Å². The predicted octanol–water partition coefficient (Wildman–Crippen LogP) is 2.49. The van der Waals surface area contributed by atoms with Gasteiger partial charge in [-0.05, 0) is 26.2 Å². The Bertz CT molecular complexity index is 370. The topological polar surface area (TPSA) is 16.4 Å². The molecular weight excluding hydrogens is 162 g/mol. The number of nitrogens with zero attached hydrogens (tertiary/aromatic N) is 1. The zero-order chi connectivity index (χ0) is 9.26. The average molecular weight is 175 g/mol. The number of hydrogen-bond donors (Lipinski definition) is 0. The Morgan fingerprint density at radius 2 is 2.00 bits per heavy atom. The van der Waals surface area contributed by atoms with Crippen molar-refractivity contribution in [2.45, 2.75) is 6.54 Å². The molecule has 2 heteroatoms. The zero-order valence-electron chi connectivity index (χ0n) is 7.95. The van der Waals surface area contributed by atoms with Crippen LogP contribution in [0.4, 0.5) is 0 Å². The van der Waals surface area contributed by atoms with E-state index < -0.39 is 0 Å². The quantitative estimate of drug-likeness (QED) is 0.697. The first-order chi connectivity index (χ1) is 6.25. The lowest BCUT2D eigenvalue weighted by molar-refractivity contribution is 0.358. The van der Waals surface area contributed by atoms with E-state index >= 15 is 0 Å². The largest absolute Gasteiger partial charge is 0.460 e. The first-order valence-corrected chi connectivity index (χ1v) is 4.38. The van der Waals surface area contributed by atoms with E-state index in [2.05, 4.69) is 17.0 Å². The van der Waals surface area contributed by atoms with Gasteiger partial charge >= 0.3 is 0 Å². The molecule has 0 atom stereocenters. The van der Waals surface area contributed by atoms with Gasteiger partial charge in [-0.15, -0.1) is 0 Å². The van der Waals surface area contributed by atoms with Gasteiger partial charge in [-0.3, -0.25) is 0 Å². The van der Waals surface area contributed by atoms with Crippen LogP contribution in [-0.2, 0) is 6.54 Å². The Kier molecular flexibility index (Phi) is 2.07. The summed E-state index contributed by atoms with van der Waals surface area (Å²) in [6, 6.07) is 10.2. The summed E-state index contributed by atoms with van der Waals surface area (Å²) in [6.07, 6.45) is 0. The van der Waals surface area contributed by atoms with E-state index in [1.54, 1.807) is 0 Å². The van der Waals surface area contributed by atoms with E-state index in [1.807, 2.05) is 32.3 Å². The SMILES string of the molecule is CN(C)Cc1cc2ccccc2o1. The van der Waals surface area contributed by atoms with Crippen LogP contribution >= 0.6 is 0 Å². The summed E-state index contributed by atoms with van der Waals surface area (Å²) in [5, 5.41) is 1.18. The van der Waals surface area contributed by atoms with Crippen LogP contribution in [0.1, 0.15) is 5.76 Å². The second-order valence-electron chi connectivity index (χ2n) is 3.49. The van der Waals surface area contributed by atoms with Crippen LogP contribution in [0.5, 0.6) is 0 Å². The van der Waals surface area contributed by atoms with Crippen LogP contribution in [0.25, 0.3) is 11.0 Å². The van der Waals surface area contributed by atoms with Gasteiger partial charge in [-0.2, -0.15) is 0 Å². The lowest BCUT2D eigenvalue weighted by atomic mass is 10.2. The van der Waals surface area contributed by atoms with Gasteiger partial charge in [0.2, 0.25) is 0 Å². The molecule has 1 aromatic heterocycles. The Morgan fingerprint density at radius 3 is 2.69 bits per heavy atom. The highest BCUT2D eigenvalue weighted by atomic mass is 16.3. The summed E-state index contributed by atoms with van der Waals surface area (Å²) in [6.45, 7) is 0.856. The number of para-hydroxylation sites is 1. The van der Waals surface area contributed by atoms with Crippen molar-refractivity contribution in [3.63, 3.8) is 0 Å². The van der Waals surface area contributed by atoms with Gasteiger partial charge in [-0.1, -0.05) is 18.2 Å². The molecule has 0 bridgehead atoms. The number of furan rings is 1. The van der Waals surface area contributed by atoms with Crippen molar-refractivity contribution in [1.82, 2.24) is 4.90 Å². The summed E-state index contributed by atoms with van der Waals surface area (Å²) in [5.41, 5.74) is 0.972. The third-order valence-electron chi connectivity index (χ3n) is 1.95. The van der Waals surface area contributed by atoms with E-state index in [0.29, 0.717) is 0 Å². The maximum atomic E-state index is 5.64. The fraction of sp³-hybridized carbons (Fsp3) is 0.273. The van der Waals surface area contributed by atoms with E-state index in [1.165, 1.54) is 5.39 Å². The van der Waals surface area contributed by atoms with Crippen molar-refractivity contribution in [2.24, 2.45) is 0 Å². The Hall–Kier alpha value is -1.28. The van der Waals surface area contributed by atoms with E-state index in [-0.39, 0.29) is 0 Å². The van der Waals surface area contributed by atoms with Crippen molar-refractivity contribution < 1.29 is 4.42 Å². The van der Waals surface area contributed by atoms with Crippen molar-refractivity contribution >= 4 is 11.0 Å². The minimum absolute atomic E-state index is 0.856. The third kappa shape index (κ3) is 1.73. The Balaban J connectivity index is 2.38. The van der Waals surface area contributed by atoms with Gasteiger partial charge in [0, 0.05) is 5.39 Å². The van der Waals surface area contributed by atoms with Crippen LogP contribution in [0.15, 0.2) is 34.7 Å². The van der Waals surface area contributed by atoms with Crippen LogP contribution in [-0.4, -0.2) is 19.0 Å². The normalized spacial score (nSPS) is 11.3. The molecule has 0 unspecified atom stereocenters. The summed E-state index contributed by atoms with van der Waals surface area (Å²) in [5.74, 6) is 1.02. The van der Waals surface area contributed by atoms with Crippen LogP contribution in [0.2, 0.25) is 0 Å². The molecule has 2 rings (SSSR count).